The van der Waals surface area contributed by atoms with Gasteiger partial charge in [0.15, 0.2) is 15.6 Å². The Hall–Kier alpha value is -1.93. The van der Waals surface area contributed by atoms with Crippen LogP contribution in [0.4, 0.5) is 10.7 Å². The quantitative estimate of drug-likeness (QED) is 0.815. The number of hydrogen-bond acceptors (Lipinski definition) is 7. The van der Waals surface area contributed by atoms with Crippen LogP contribution in [0.3, 0.4) is 0 Å². The highest BCUT2D eigenvalue weighted by Crippen LogP contribution is 2.39. The monoisotopic (exact) mass is 325 g/mol. The Morgan fingerprint density at radius 3 is 2.52 bits per heavy atom. The average molecular weight is 325 g/mol. The lowest BCUT2D eigenvalue weighted by molar-refractivity contribution is 0.102. The minimum Gasteiger partial charge on any atom is -0.396 e. The van der Waals surface area contributed by atoms with Crippen LogP contribution in [-0.2, 0) is 16.4 Å². The Bertz CT molecular complexity index is 767. The predicted molar refractivity (Wildman–Crippen MR) is 83.4 cm³/mol. The Kier molecular flexibility index (Phi) is 4.29. The number of aromatic nitrogens is 1. The molecular formula is C13H15N3O3S2. The summed E-state index contributed by atoms with van der Waals surface area (Å²) in [6.45, 7) is 1.78. The molecule has 2 heterocycles. The van der Waals surface area contributed by atoms with Crippen molar-refractivity contribution in [3.8, 4) is 0 Å². The molecule has 0 saturated heterocycles. The summed E-state index contributed by atoms with van der Waals surface area (Å²) in [7, 11) is -3.52. The predicted octanol–water partition coefficient (Wildman–Crippen LogP) is 1.94. The van der Waals surface area contributed by atoms with Crippen molar-refractivity contribution >= 4 is 37.6 Å². The highest BCUT2D eigenvalue weighted by atomic mass is 32.2. The number of carbonyl (C=O) groups is 1. The van der Waals surface area contributed by atoms with Gasteiger partial charge in [-0.05, 0) is 17.7 Å². The molecule has 0 radical (unpaired) electrons. The fourth-order valence-electron chi connectivity index (χ4n) is 1.86. The van der Waals surface area contributed by atoms with E-state index in [0.29, 0.717) is 11.5 Å². The van der Waals surface area contributed by atoms with E-state index >= 15 is 0 Å². The van der Waals surface area contributed by atoms with Gasteiger partial charge in [-0.3, -0.25) is 9.78 Å². The molecule has 3 N–H and O–H groups in total. The lowest BCUT2D eigenvalue weighted by Crippen LogP contribution is -2.06. The zero-order chi connectivity index (χ0) is 15.6. The van der Waals surface area contributed by atoms with Crippen LogP contribution in [0.1, 0.15) is 22.2 Å². The molecule has 21 heavy (non-hydrogen) atoms. The first kappa shape index (κ1) is 15.5. The van der Waals surface area contributed by atoms with Crippen LogP contribution in [-0.4, -0.2) is 25.4 Å². The Morgan fingerprint density at radius 1 is 1.38 bits per heavy atom. The van der Waals surface area contributed by atoms with Crippen LogP contribution in [0, 0.1) is 0 Å². The van der Waals surface area contributed by atoms with Gasteiger partial charge in [-0.1, -0.05) is 0 Å². The maximum atomic E-state index is 11.9. The Labute approximate surface area is 126 Å². The van der Waals surface area contributed by atoms with Gasteiger partial charge in [0.05, 0.1) is 10.6 Å². The van der Waals surface area contributed by atoms with Crippen molar-refractivity contribution in [3.05, 3.63) is 35.0 Å². The molecule has 0 unspecified atom stereocenters. The summed E-state index contributed by atoms with van der Waals surface area (Å²) in [6, 6.07) is 3.63. The molecule has 2 aromatic rings. The average Bonchev–Trinajstić information content (AvgIpc) is 2.74. The summed E-state index contributed by atoms with van der Waals surface area (Å²) in [5.41, 5.74) is 6.79. The number of thiophene rings is 1. The van der Waals surface area contributed by atoms with Gasteiger partial charge in [0, 0.05) is 32.1 Å². The van der Waals surface area contributed by atoms with Gasteiger partial charge < -0.3 is 11.1 Å². The molecular weight excluding hydrogens is 310 g/mol. The van der Waals surface area contributed by atoms with Gasteiger partial charge >= 0.3 is 0 Å². The normalized spacial score (nSPS) is 11.3. The fraction of sp³-hybridized carbons (Fsp3) is 0.231. The number of hydrogen-bond donors (Lipinski definition) is 2. The van der Waals surface area contributed by atoms with E-state index in [1.807, 2.05) is 12.1 Å². The van der Waals surface area contributed by atoms with E-state index in [1.54, 1.807) is 12.4 Å². The van der Waals surface area contributed by atoms with Crippen LogP contribution < -0.4 is 11.1 Å². The second-order valence-corrected chi connectivity index (χ2v) is 7.51. The number of sulfone groups is 1. The smallest absolute Gasteiger partial charge is 0.180 e. The molecule has 0 amide bonds. The molecule has 0 atom stereocenters. The maximum Gasteiger partial charge on any atom is 0.180 e. The summed E-state index contributed by atoms with van der Waals surface area (Å²) in [6.07, 6.45) is 4.38. The number of nitrogens with one attached hydrogen (secondary N) is 1. The first-order valence-corrected chi connectivity index (χ1v) is 8.77. The molecule has 0 aromatic carbocycles. The number of nitrogens with zero attached hydrogens (tertiary/aromatic N) is 1. The molecule has 0 aliphatic heterocycles. The molecule has 0 bridgehead atoms. The standard InChI is InChI=1S/C13H15N3O3S2/c1-8(17)11-10(14)12(21(2,18)19)13(20-11)16-7-9-3-5-15-6-4-9/h3-6,16H,7,14H2,1-2H3. The second kappa shape index (κ2) is 5.82. The fourth-order valence-corrected chi connectivity index (χ4v) is 4.32. The summed E-state index contributed by atoms with van der Waals surface area (Å²) < 4.78 is 23.8. The van der Waals surface area contributed by atoms with E-state index in [2.05, 4.69) is 10.3 Å². The van der Waals surface area contributed by atoms with Crippen LogP contribution in [0.25, 0.3) is 0 Å². The topological polar surface area (TPSA) is 102 Å². The highest BCUT2D eigenvalue weighted by molar-refractivity contribution is 7.91. The number of Topliss-reactive ketones (excluding diaryl/α,β-unsaturated/α-hetero) is 1. The second-order valence-electron chi connectivity index (χ2n) is 4.54. The number of nitrogen functional groups attached to an aromatic ring is 1. The third kappa shape index (κ3) is 3.40. The molecule has 8 heteroatoms. The molecule has 0 fully saturated rings. The number of pyridine rings is 1. The number of rotatable bonds is 5. The number of carbonyl (C=O) groups excluding carboxylic acids is 1. The van der Waals surface area contributed by atoms with Crippen molar-refractivity contribution in [3.63, 3.8) is 0 Å². The van der Waals surface area contributed by atoms with Crippen molar-refractivity contribution in [2.75, 3.05) is 17.3 Å². The number of anilines is 2. The summed E-state index contributed by atoms with van der Waals surface area (Å²) >= 11 is 1.06. The lowest BCUT2D eigenvalue weighted by atomic mass is 10.3. The van der Waals surface area contributed by atoms with Crippen LogP contribution in [0.2, 0.25) is 0 Å². The summed E-state index contributed by atoms with van der Waals surface area (Å²) in [5, 5.41) is 3.42. The number of ketones is 1. The van der Waals surface area contributed by atoms with Crippen molar-refractivity contribution in [1.82, 2.24) is 4.98 Å². The first-order chi connectivity index (χ1) is 9.80. The number of nitrogens with two attached hydrogens (primary N) is 1. The van der Waals surface area contributed by atoms with E-state index in [4.69, 9.17) is 5.73 Å². The van der Waals surface area contributed by atoms with E-state index in [9.17, 15) is 13.2 Å². The van der Waals surface area contributed by atoms with E-state index < -0.39 is 9.84 Å². The molecule has 2 rings (SSSR count). The lowest BCUT2D eigenvalue weighted by Gasteiger charge is -2.06. The molecule has 0 aliphatic rings. The first-order valence-electron chi connectivity index (χ1n) is 6.06. The zero-order valence-electron chi connectivity index (χ0n) is 11.6. The van der Waals surface area contributed by atoms with Gasteiger partial charge in [-0.15, -0.1) is 11.3 Å². The molecule has 2 aromatic heterocycles. The van der Waals surface area contributed by atoms with E-state index in [1.165, 1.54) is 6.92 Å². The third-order valence-corrected chi connectivity index (χ3v) is 5.35. The van der Waals surface area contributed by atoms with Gasteiger partial charge in [0.1, 0.15) is 9.90 Å². The molecule has 112 valence electrons. The van der Waals surface area contributed by atoms with Crippen molar-refractivity contribution in [2.24, 2.45) is 0 Å². The molecule has 6 nitrogen and oxygen atoms in total. The van der Waals surface area contributed by atoms with Crippen molar-refractivity contribution in [1.29, 1.82) is 0 Å². The van der Waals surface area contributed by atoms with Gasteiger partial charge in [-0.25, -0.2) is 8.42 Å². The Morgan fingerprint density at radius 2 is 2.00 bits per heavy atom. The van der Waals surface area contributed by atoms with E-state index in [0.717, 1.165) is 23.2 Å². The largest absolute Gasteiger partial charge is 0.396 e. The summed E-state index contributed by atoms with van der Waals surface area (Å²) in [4.78, 5) is 15.7. The maximum absolute atomic E-state index is 11.9. The SMILES string of the molecule is CC(=O)c1sc(NCc2ccncc2)c(S(C)(=O)=O)c1N. The van der Waals surface area contributed by atoms with Gasteiger partial charge in [0.2, 0.25) is 0 Å². The van der Waals surface area contributed by atoms with E-state index in [-0.39, 0.29) is 21.2 Å². The molecule has 0 saturated carbocycles. The zero-order valence-corrected chi connectivity index (χ0v) is 13.2. The van der Waals surface area contributed by atoms with Crippen LogP contribution in [0.5, 0.6) is 0 Å². The van der Waals surface area contributed by atoms with Gasteiger partial charge in [-0.2, -0.15) is 0 Å². The van der Waals surface area contributed by atoms with Crippen molar-refractivity contribution < 1.29 is 13.2 Å². The Balaban J connectivity index is 2.39. The summed E-state index contributed by atoms with van der Waals surface area (Å²) in [5.74, 6) is -0.251. The minimum absolute atomic E-state index is 0.00763. The van der Waals surface area contributed by atoms with Crippen LogP contribution >= 0.6 is 11.3 Å². The molecule has 0 spiro atoms. The van der Waals surface area contributed by atoms with Crippen LogP contribution in [0.15, 0.2) is 29.4 Å². The third-order valence-electron chi connectivity index (χ3n) is 2.79. The van der Waals surface area contributed by atoms with Crippen molar-refractivity contribution in [2.45, 2.75) is 18.4 Å². The highest BCUT2D eigenvalue weighted by Gasteiger charge is 2.25. The van der Waals surface area contributed by atoms with Gasteiger partial charge in [0.25, 0.3) is 0 Å². The molecule has 0 aliphatic carbocycles. The minimum atomic E-state index is -3.52.